The van der Waals surface area contributed by atoms with E-state index in [0.29, 0.717) is 17.2 Å². The summed E-state index contributed by atoms with van der Waals surface area (Å²) in [5.74, 6) is -1.34. The lowest BCUT2D eigenvalue weighted by molar-refractivity contribution is -0.159. The Hall–Kier alpha value is -2.90. The summed E-state index contributed by atoms with van der Waals surface area (Å²) in [7, 11) is 1.49. The van der Waals surface area contributed by atoms with Crippen molar-refractivity contribution >= 4 is 29.4 Å². The van der Waals surface area contributed by atoms with Crippen molar-refractivity contribution in [1.29, 1.82) is 0 Å². The molecule has 4 rings (SSSR count). The average molecular weight is 413 g/mol. The van der Waals surface area contributed by atoms with Gasteiger partial charge in [-0.15, -0.1) is 0 Å². The molecule has 3 aliphatic rings. The first-order valence-corrected chi connectivity index (χ1v) is 10.5. The minimum absolute atomic E-state index is 0.0819. The fourth-order valence-electron chi connectivity index (χ4n) is 4.92. The molecule has 2 fully saturated rings. The number of carbonyl (C=O) groups excluding carboxylic acids is 4. The Labute approximate surface area is 175 Å². The highest BCUT2D eigenvalue weighted by molar-refractivity contribution is 6.15. The smallest absolute Gasteiger partial charge is 0.354 e. The van der Waals surface area contributed by atoms with Crippen molar-refractivity contribution in [1.82, 2.24) is 10.2 Å². The number of benzene rings is 1. The fourth-order valence-corrected chi connectivity index (χ4v) is 4.92. The quantitative estimate of drug-likeness (QED) is 0.760. The number of carbonyl (C=O) groups is 4. The fraction of sp³-hybridized carbons (Fsp3) is 0.545. The SMILES string of the molecule is C[C@@H]1CCCC[C@@H]1NC(=O)COC(=O)[C@@]12CCC(=O)N1c1ccccc1C(=O)N2C. The molecule has 0 bridgehead atoms. The third-order valence-electron chi connectivity index (χ3n) is 6.66. The largest absolute Gasteiger partial charge is 0.452 e. The second-order valence-corrected chi connectivity index (χ2v) is 8.44. The molecule has 8 nitrogen and oxygen atoms in total. The minimum Gasteiger partial charge on any atom is -0.452 e. The molecule has 3 amide bonds. The molecule has 1 N–H and O–H groups in total. The number of anilines is 1. The number of nitrogens with zero attached hydrogens (tertiary/aromatic N) is 2. The maximum atomic E-state index is 13.2. The van der Waals surface area contributed by atoms with E-state index in [1.165, 1.54) is 16.8 Å². The van der Waals surface area contributed by atoms with Crippen molar-refractivity contribution in [2.24, 2.45) is 5.92 Å². The summed E-state index contributed by atoms with van der Waals surface area (Å²) in [6, 6.07) is 6.81. The van der Waals surface area contributed by atoms with Gasteiger partial charge in [-0.1, -0.05) is 31.9 Å². The number of para-hydroxylation sites is 1. The Kier molecular flexibility index (Phi) is 5.26. The van der Waals surface area contributed by atoms with Crippen LogP contribution in [0.2, 0.25) is 0 Å². The van der Waals surface area contributed by atoms with Crippen molar-refractivity contribution in [3.63, 3.8) is 0 Å². The summed E-state index contributed by atoms with van der Waals surface area (Å²) in [5.41, 5.74) is -0.788. The van der Waals surface area contributed by atoms with E-state index in [0.717, 1.165) is 25.7 Å². The Morgan fingerprint density at radius 3 is 2.70 bits per heavy atom. The number of nitrogens with one attached hydrogen (secondary N) is 1. The zero-order valence-electron chi connectivity index (χ0n) is 17.3. The minimum atomic E-state index is -1.55. The number of hydrogen-bond acceptors (Lipinski definition) is 5. The summed E-state index contributed by atoms with van der Waals surface area (Å²) in [6.45, 7) is 1.67. The first-order chi connectivity index (χ1) is 14.4. The molecule has 2 aliphatic heterocycles. The number of amides is 3. The van der Waals surface area contributed by atoms with Gasteiger partial charge in [-0.2, -0.15) is 0 Å². The summed E-state index contributed by atoms with van der Waals surface area (Å²) in [6.07, 6.45) is 4.46. The molecule has 1 aromatic carbocycles. The molecule has 1 saturated heterocycles. The van der Waals surface area contributed by atoms with E-state index in [2.05, 4.69) is 12.2 Å². The maximum Gasteiger partial charge on any atom is 0.354 e. The van der Waals surface area contributed by atoms with Crippen molar-refractivity contribution in [2.75, 3.05) is 18.6 Å². The maximum absolute atomic E-state index is 13.2. The second kappa shape index (κ2) is 7.74. The lowest BCUT2D eigenvalue weighted by Gasteiger charge is -2.46. The van der Waals surface area contributed by atoms with Crippen LogP contribution in [0.4, 0.5) is 5.69 Å². The molecule has 0 aromatic heterocycles. The average Bonchev–Trinajstić information content (AvgIpc) is 3.10. The van der Waals surface area contributed by atoms with Gasteiger partial charge in [0.05, 0.1) is 11.3 Å². The van der Waals surface area contributed by atoms with Gasteiger partial charge in [0.2, 0.25) is 11.6 Å². The summed E-state index contributed by atoms with van der Waals surface area (Å²) in [5, 5.41) is 2.95. The first-order valence-electron chi connectivity index (χ1n) is 10.5. The van der Waals surface area contributed by atoms with Crippen LogP contribution in [0.3, 0.4) is 0 Å². The molecule has 1 saturated carbocycles. The first kappa shape index (κ1) is 20.4. The van der Waals surface area contributed by atoms with Crippen molar-refractivity contribution in [3.05, 3.63) is 29.8 Å². The monoisotopic (exact) mass is 413 g/mol. The topological polar surface area (TPSA) is 96.0 Å². The highest BCUT2D eigenvalue weighted by Gasteiger charge is 2.60. The Morgan fingerprint density at radius 1 is 1.20 bits per heavy atom. The lowest BCUT2D eigenvalue weighted by atomic mass is 9.86. The second-order valence-electron chi connectivity index (χ2n) is 8.44. The molecule has 1 aromatic rings. The van der Waals surface area contributed by atoms with Crippen LogP contribution in [0.25, 0.3) is 0 Å². The van der Waals surface area contributed by atoms with Gasteiger partial charge < -0.3 is 15.0 Å². The van der Waals surface area contributed by atoms with Gasteiger partial charge in [-0.05, 0) is 30.9 Å². The van der Waals surface area contributed by atoms with Gasteiger partial charge in [-0.25, -0.2) is 4.79 Å². The van der Waals surface area contributed by atoms with Crippen LogP contribution in [0.1, 0.15) is 55.8 Å². The highest BCUT2D eigenvalue weighted by Crippen LogP contribution is 2.44. The zero-order valence-corrected chi connectivity index (χ0v) is 17.3. The van der Waals surface area contributed by atoms with E-state index in [9.17, 15) is 19.2 Å². The molecule has 30 heavy (non-hydrogen) atoms. The summed E-state index contributed by atoms with van der Waals surface area (Å²) in [4.78, 5) is 53.8. The lowest BCUT2D eigenvalue weighted by Crippen LogP contribution is -2.67. The molecule has 1 aliphatic carbocycles. The molecule has 2 heterocycles. The number of esters is 1. The molecule has 0 spiro atoms. The Balaban J connectivity index is 1.52. The molecular weight excluding hydrogens is 386 g/mol. The summed E-state index contributed by atoms with van der Waals surface area (Å²) < 4.78 is 5.37. The van der Waals surface area contributed by atoms with Crippen LogP contribution < -0.4 is 10.2 Å². The number of ether oxygens (including phenoxy) is 1. The van der Waals surface area contributed by atoms with Crippen LogP contribution in [0.5, 0.6) is 0 Å². The number of fused-ring (bicyclic) bond motifs is 3. The predicted molar refractivity (Wildman–Crippen MR) is 109 cm³/mol. The number of likely N-dealkylation sites (N-methyl/N-ethyl adjacent to an activating group) is 1. The summed E-state index contributed by atoms with van der Waals surface area (Å²) >= 11 is 0. The third kappa shape index (κ3) is 3.14. The van der Waals surface area contributed by atoms with Crippen molar-refractivity contribution in [2.45, 2.75) is 57.2 Å². The van der Waals surface area contributed by atoms with E-state index >= 15 is 0 Å². The van der Waals surface area contributed by atoms with Gasteiger partial charge in [0, 0.05) is 25.9 Å². The number of hydrogen-bond donors (Lipinski definition) is 1. The standard InChI is InChI=1S/C22H27N3O5/c1-14-7-3-5-9-16(14)23-18(26)13-30-21(29)22-12-11-19(27)25(22)17-10-6-4-8-15(17)20(28)24(22)2/h4,6,8,10,14,16H,3,5,7,9,11-13H2,1-2H3,(H,23,26)/t14-,16+,22-/m1/s1. The molecule has 160 valence electrons. The third-order valence-corrected chi connectivity index (χ3v) is 6.66. The molecule has 3 atom stereocenters. The molecular formula is C22H27N3O5. The van der Waals surface area contributed by atoms with E-state index in [-0.39, 0.29) is 36.6 Å². The van der Waals surface area contributed by atoms with E-state index in [4.69, 9.17) is 4.74 Å². The van der Waals surface area contributed by atoms with Crippen molar-refractivity contribution < 1.29 is 23.9 Å². The van der Waals surface area contributed by atoms with Crippen LogP contribution in [-0.2, 0) is 19.1 Å². The predicted octanol–water partition coefficient (Wildman–Crippen LogP) is 1.83. The van der Waals surface area contributed by atoms with E-state index in [1.54, 1.807) is 24.3 Å². The molecule has 0 unspecified atom stereocenters. The van der Waals surface area contributed by atoms with Crippen LogP contribution in [0, 0.1) is 5.92 Å². The normalized spacial score (nSPS) is 28.1. The molecule has 8 heteroatoms. The van der Waals surface area contributed by atoms with Gasteiger partial charge in [-0.3, -0.25) is 19.3 Å². The molecule has 0 radical (unpaired) electrons. The number of rotatable bonds is 4. The van der Waals surface area contributed by atoms with Gasteiger partial charge in [0.25, 0.3) is 11.8 Å². The van der Waals surface area contributed by atoms with Crippen LogP contribution in [0.15, 0.2) is 24.3 Å². The van der Waals surface area contributed by atoms with Crippen molar-refractivity contribution in [3.8, 4) is 0 Å². The highest BCUT2D eigenvalue weighted by atomic mass is 16.5. The van der Waals surface area contributed by atoms with E-state index < -0.39 is 18.2 Å². The van der Waals surface area contributed by atoms with Gasteiger partial charge in [0.15, 0.2) is 6.61 Å². The van der Waals surface area contributed by atoms with Crippen LogP contribution in [-0.4, -0.2) is 54.0 Å². The van der Waals surface area contributed by atoms with Gasteiger partial charge >= 0.3 is 5.97 Å². The Bertz CT molecular complexity index is 901. The van der Waals surface area contributed by atoms with Crippen LogP contribution >= 0.6 is 0 Å². The zero-order chi connectivity index (χ0) is 21.5. The Morgan fingerprint density at radius 2 is 1.93 bits per heavy atom. The van der Waals surface area contributed by atoms with E-state index in [1.807, 2.05) is 0 Å². The van der Waals surface area contributed by atoms with Gasteiger partial charge in [0.1, 0.15) is 0 Å².